The standard InChI is InChI=1S/C8H7BrN2OS/c9-6-1-2-12-7(6)8-11-5(3-10)4-13-8/h1-2,4H,3,10H2. The molecule has 0 aliphatic carbocycles. The van der Waals surface area contributed by atoms with E-state index in [1.165, 1.54) is 11.3 Å². The first kappa shape index (κ1) is 8.93. The van der Waals surface area contributed by atoms with Gasteiger partial charge in [-0.05, 0) is 22.0 Å². The van der Waals surface area contributed by atoms with E-state index in [1.807, 2.05) is 11.4 Å². The van der Waals surface area contributed by atoms with Crippen molar-refractivity contribution in [3.8, 4) is 10.8 Å². The van der Waals surface area contributed by atoms with E-state index in [9.17, 15) is 0 Å². The quantitative estimate of drug-likeness (QED) is 0.901. The lowest BCUT2D eigenvalue weighted by atomic mass is 10.4. The fourth-order valence-corrected chi connectivity index (χ4v) is 2.30. The fourth-order valence-electron chi connectivity index (χ4n) is 0.951. The Morgan fingerprint density at radius 3 is 3.00 bits per heavy atom. The lowest BCUT2D eigenvalue weighted by Gasteiger charge is -1.89. The Bertz CT molecular complexity index is 410. The average Bonchev–Trinajstić information content (AvgIpc) is 2.71. The van der Waals surface area contributed by atoms with Gasteiger partial charge in [-0.2, -0.15) is 0 Å². The van der Waals surface area contributed by atoms with Crippen LogP contribution in [0.15, 0.2) is 26.6 Å². The number of nitrogens with two attached hydrogens (primary N) is 1. The molecule has 2 N–H and O–H groups in total. The van der Waals surface area contributed by atoms with Crippen molar-refractivity contribution in [2.45, 2.75) is 6.54 Å². The van der Waals surface area contributed by atoms with Crippen LogP contribution in [0.3, 0.4) is 0 Å². The van der Waals surface area contributed by atoms with Crippen LogP contribution in [0.5, 0.6) is 0 Å². The van der Waals surface area contributed by atoms with Crippen molar-refractivity contribution >= 4 is 27.3 Å². The van der Waals surface area contributed by atoms with Crippen molar-refractivity contribution < 1.29 is 4.42 Å². The monoisotopic (exact) mass is 258 g/mol. The molecule has 0 aliphatic heterocycles. The second kappa shape index (κ2) is 3.61. The molecule has 13 heavy (non-hydrogen) atoms. The molecule has 2 aromatic heterocycles. The fraction of sp³-hybridized carbons (Fsp3) is 0.125. The van der Waals surface area contributed by atoms with Crippen molar-refractivity contribution in [1.29, 1.82) is 0 Å². The third-order valence-electron chi connectivity index (χ3n) is 1.57. The highest BCUT2D eigenvalue weighted by atomic mass is 79.9. The van der Waals surface area contributed by atoms with Gasteiger partial charge in [-0.25, -0.2) is 4.98 Å². The summed E-state index contributed by atoms with van der Waals surface area (Å²) in [5, 5.41) is 2.79. The predicted octanol–water partition coefficient (Wildman–Crippen LogP) is 2.62. The minimum absolute atomic E-state index is 0.467. The van der Waals surface area contributed by atoms with E-state index < -0.39 is 0 Å². The molecule has 0 saturated heterocycles. The maximum atomic E-state index is 5.46. The van der Waals surface area contributed by atoms with Crippen LogP contribution in [0.4, 0.5) is 0 Å². The largest absolute Gasteiger partial charge is 0.461 e. The first-order chi connectivity index (χ1) is 6.31. The van der Waals surface area contributed by atoms with Crippen LogP contribution in [-0.2, 0) is 6.54 Å². The number of halogens is 1. The predicted molar refractivity (Wildman–Crippen MR) is 55.4 cm³/mol. The molecule has 0 amide bonds. The zero-order valence-electron chi connectivity index (χ0n) is 6.66. The van der Waals surface area contributed by atoms with Gasteiger partial charge in [-0.15, -0.1) is 11.3 Å². The van der Waals surface area contributed by atoms with Crippen molar-refractivity contribution in [3.63, 3.8) is 0 Å². The molecule has 0 aliphatic rings. The molecule has 0 unspecified atom stereocenters. The van der Waals surface area contributed by atoms with Gasteiger partial charge in [-0.1, -0.05) is 0 Å². The number of hydrogen-bond acceptors (Lipinski definition) is 4. The normalized spacial score (nSPS) is 10.6. The highest BCUT2D eigenvalue weighted by Gasteiger charge is 2.10. The third-order valence-corrected chi connectivity index (χ3v) is 3.09. The van der Waals surface area contributed by atoms with Crippen LogP contribution in [-0.4, -0.2) is 4.98 Å². The molecule has 0 atom stereocenters. The second-order valence-electron chi connectivity index (χ2n) is 2.45. The number of aromatic nitrogens is 1. The van der Waals surface area contributed by atoms with Gasteiger partial charge in [0, 0.05) is 11.9 Å². The summed E-state index contributed by atoms with van der Waals surface area (Å²) in [5.41, 5.74) is 6.35. The van der Waals surface area contributed by atoms with E-state index >= 15 is 0 Å². The summed E-state index contributed by atoms with van der Waals surface area (Å²) < 4.78 is 6.19. The molecule has 0 saturated carbocycles. The maximum Gasteiger partial charge on any atom is 0.176 e. The summed E-state index contributed by atoms with van der Waals surface area (Å²) in [5.74, 6) is 0.768. The summed E-state index contributed by atoms with van der Waals surface area (Å²) in [6, 6.07) is 1.85. The highest BCUT2D eigenvalue weighted by molar-refractivity contribution is 9.10. The van der Waals surface area contributed by atoms with Gasteiger partial charge in [0.2, 0.25) is 0 Å². The van der Waals surface area contributed by atoms with Gasteiger partial charge in [-0.3, -0.25) is 0 Å². The van der Waals surface area contributed by atoms with Crippen molar-refractivity contribution in [3.05, 3.63) is 27.9 Å². The molecular formula is C8H7BrN2OS. The van der Waals surface area contributed by atoms with E-state index in [0.717, 1.165) is 20.9 Å². The average molecular weight is 259 g/mol. The van der Waals surface area contributed by atoms with Gasteiger partial charge >= 0.3 is 0 Å². The number of nitrogens with zero attached hydrogens (tertiary/aromatic N) is 1. The molecule has 2 rings (SSSR count). The van der Waals surface area contributed by atoms with E-state index in [4.69, 9.17) is 10.2 Å². The van der Waals surface area contributed by atoms with Crippen molar-refractivity contribution in [1.82, 2.24) is 4.98 Å². The third kappa shape index (κ3) is 1.67. The van der Waals surface area contributed by atoms with Gasteiger partial charge in [0.1, 0.15) is 0 Å². The summed E-state index contributed by atoms with van der Waals surface area (Å²) >= 11 is 4.91. The van der Waals surface area contributed by atoms with Gasteiger partial charge in [0.05, 0.1) is 16.4 Å². The molecule has 0 aromatic carbocycles. The Hall–Kier alpha value is -0.650. The molecule has 68 valence electrons. The summed E-state index contributed by atoms with van der Waals surface area (Å²) in [4.78, 5) is 4.30. The summed E-state index contributed by atoms with van der Waals surface area (Å²) in [6.07, 6.45) is 1.63. The lowest BCUT2D eigenvalue weighted by Crippen LogP contribution is -1.95. The molecule has 0 spiro atoms. The first-order valence-corrected chi connectivity index (χ1v) is 5.36. The van der Waals surface area contributed by atoms with E-state index in [-0.39, 0.29) is 0 Å². The molecule has 5 heteroatoms. The number of thiazole rings is 1. The van der Waals surface area contributed by atoms with Gasteiger partial charge in [0.25, 0.3) is 0 Å². The Kier molecular flexibility index (Phi) is 2.48. The molecule has 0 radical (unpaired) electrons. The summed E-state index contributed by atoms with van der Waals surface area (Å²) in [6.45, 7) is 0.467. The first-order valence-electron chi connectivity index (χ1n) is 3.69. The van der Waals surface area contributed by atoms with Crippen molar-refractivity contribution in [2.75, 3.05) is 0 Å². The van der Waals surface area contributed by atoms with E-state index in [0.29, 0.717) is 6.54 Å². The van der Waals surface area contributed by atoms with Crippen molar-refractivity contribution in [2.24, 2.45) is 5.73 Å². The van der Waals surface area contributed by atoms with E-state index in [1.54, 1.807) is 6.26 Å². The smallest absolute Gasteiger partial charge is 0.176 e. The number of furan rings is 1. The lowest BCUT2D eigenvalue weighted by molar-refractivity contribution is 0.580. The molecule has 0 fully saturated rings. The Morgan fingerprint density at radius 1 is 1.62 bits per heavy atom. The molecule has 0 bridgehead atoms. The molecule has 3 nitrogen and oxygen atoms in total. The number of rotatable bonds is 2. The second-order valence-corrected chi connectivity index (χ2v) is 4.16. The molecular weight excluding hydrogens is 252 g/mol. The van der Waals surface area contributed by atoms with E-state index in [2.05, 4.69) is 20.9 Å². The Labute approximate surface area is 87.7 Å². The van der Waals surface area contributed by atoms with Crippen LogP contribution in [0.25, 0.3) is 10.8 Å². The van der Waals surface area contributed by atoms with Crippen LogP contribution < -0.4 is 5.73 Å². The van der Waals surface area contributed by atoms with Crippen LogP contribution >= 0.6 is 27.3 Å². The highest BCUT2D eigenvalue weighted by Crippen LogP contribution is 2.31. The summed E-state index contributed by atoms with van der Waals surface area (Å²) in [7, 11) is 0. The van der Waals surface area contributed by atoms with Gasteiger partial charge in [0.15, 0.2) is 10.8 Å². The SMILES string of the molecule is NCc1csc(-c2occc2Br)n1. The minimum atomic E-state index is 0.467. The Morgan fingerprint density at radius 2 is 2.46 bits per heavy atom. The maximum absolute atomic E-state index is 5.46. The Balaban J connectivity index is 2.41. The zero-order chi connectivity index (χ0) is 9.26. The minimum Gasteiger partial charge on any atom is -0.461 e. The van der Waals surface area contributed by atoms with Crippen LogP contribution in [0.2, 0.25) is 0 Å². The topological polar surface area (TPSA) is 52.0 Å². The number of hydrogen-bond donors (Lipinski definition) is 1. The molecule has 2 aromatic rings. The zero-order valence-corrected chi connectivity index (χ0v) is 9.06. The van der Waals surface area contributed by atoms with Crippen LogP contribution in [0, 0.1) is 0 Å². The molecule has 2 heterocycles. The van der Waals surface area contributed by atoms with Crippen LogP contribution in [0.1, 0.15) is 5.69 Å². The van der Waals surface area contributed by atoms with Gasteiger partial charge < -0.3 is 10.2 Å².